The van der Waals surface area contributed by atoms with Gasteiger partial charge in [0.25, 0.3) is 0 Å². The number of fused-ring (bicyclic) bond motifs is 1. The number of furan rings is 1. The van der Waals surface area contributed by atoms with Crippen molar-refractivity contribution in [2.45, 2.75) is 13.0 Å². The van der Waals surface area contributed by atoms with Crippen LogP contribution >= 0.6 is 0 Å². The molecule has 3 rings (SSSR count). The number of benzene rings is 2. The van der Waals surface area contributed by atoms with Crippen LogP contribution in [0, 0.1) is 12.7 Å². The number of ether oxygens (including phenoxy) is 1. The molecule has 2 aromatic carbocycles. The van der Waals surface area contributed by atoms with Crippen LogP contribution in [0.5, 0.6) is 5.75 Å². The summed E-state index contributed by atoms with van der Waals surface area (Å²) in [6.07, 6.45) is 0. The Balaban J connectivity index is 1.74. The second-order valence-electron chi connectivity index (χ2n) is 5.04. The quantitative estimate of drug-likeness (QED) is 0.789. The lowest BCUT2D eigenvalue weighted by molar-refractivity contribution is 0.263. The van der Waals surface area contributed by atoms with E-state index in [4.69, 9.17) is 14.9 Å². The van der Waals surface area contributed by atoms with E-state index in [2.05, 4.69) is 0 Å². The van der Waals surface area contributed by atoms with Crippen molar-refractivity contribution >= 4 is 11.0 Å². The lowest BCUT2D eigenvalue weighted by Crippen LogP contribution is -2.18. The van der Waals surface area contributed by atoms with Crippen LogP contribution in [0.2, 0.25) is 0 Å². The van der Waals surface area contributed by atoms with Gasteiger partial charge in [-0.2, -0.15) is 0 Å². The number of para-hydroxylation sites is 1. The lowest BCUT2D eigenvalue weighted by Gasteiger charge is -2.12. The molecular weight excluding hydrogens is 269 g/mol. The third-order valence-corrected chi connectivity index (χ3v) is 3.32. The Hall–Kier alpha value is -2.33. The number of nitrogens with two attached hydrogens (primary N) is 1. The molecule has 2 N–H and O–H groups in total. The molecule has 0 aliphatic heterocycles. The first-order chi connectivity index (χ1) is 10.1. The molecule has 0 amide bonds. The third-order valence-electron chi connectivity index (χ3n) is 3.32. The minimum absolute atomic E-state index is 0.153. The Morgan fingerprint density at radius 3 is 2.81 bits per heavy atom. The van der Waals surface area contributed by atoms with Crippen molar-refractivity contribution in [3.63, 3.8) is 0 Å². The highest BCUT2D eigenvalue weighted by Crippen LogP contribution is 2.24. The van der Waals surface area contributed by atoms with Crippen LogP contribution in [-0.4, -0.2) is 6.61 Å². The van der Waals surface area contributed by atoms with Crippen LogP contribution in [-0.2, 0) is 0 Å². The van der Waals surface area contributed by atoms with Crippen molar-refractivity contribution in [1.29, 1.82) is 0 Å². The average molecular weight is 285 g/mol. The summed E-state index contributed by atoms with van der Waals surface area (Å²) < 4.78 is 24.7. The van der Waals surface area contributed by atoms with Crippen molar-refractivity contribution in [3.05, 3.63) is 65.7 Å². The molecule has 0 radical (unpaired) electrons. The van der Waals surface area contributed by atoms with E-state index in [1.54, 1.807) is 12.1 Å². The SMILES string of the molecule is Cc1ccc(F)c(OCC(N)c2cc3ccccc3o2)c1. The summed E-state index contributed by atoms with van der Waals surface area (Å²) in [5, 5.41) is 0.990. The molecule has 21 heavy (non-hydrogen) atoms. The second-order valence-corrected chi connectivity index (χ2v) is 5.04. The summed E-state index contributed by atoms with van der Waals surface area (Å²) in [6, 6.07) is 13.8. The molecule has 4 heteroatoms. The molecule has 108 valence electrons. The molecule has 1 aromatic heterocycles. The van der Waals surface area contributed by atoms with E-state index in [0.717, 1.165) is 16.5 Å². The predicted molar refractivity (Wildman–Crippen MR) is 79.8 cm³/mol. The molecule has 0 saturated heterocycles. The fraction of sp³-hybridized carbons (Fsp3) is 0.176. The van der Waals surface area contributed by atoms with Gasteiger partial charge in [0, 0.05) is 5.39 Å². The summed E-state index contributed by atoms with van der Waals surface area (Å²) in [7, 11) is 0. The molecule has 0 saturated carbocycles. The van der Waals surface area contributed by atoms with Crippen LogP contribution in [0.3, 0.4) is 0 Å². The van der Waals surface area contributed by atoms with Gasteiger partial charge >= 0.3 is 0 Å². The van der Waals surface area contributed by atoms with Crippen molar-refractivity contribution in [2.24, 2.45) is 5.73 Å². The molecule has 0 aliphatic carbocycles. The highest BCUT2D eigenvalue weighted by atomic mass is 19.1. The Bertz CT molecular complexity index is 733. The lowest BCUT2D eigenvalue weighted by atomic mass is 10.2. The molecule has 3 nitrogen and oxygen atoms in total. The number of halogens is 1. The van der Waals surface area contributed by atoms with Gasteiger partial charge in [-0.25, -0.2) is 4.39 Å². The van der Waals surface area contributed by atoms with E-state index >= 15 is 0 Å². The summed E-state index contributed by atoms with van der Waals surface area (Å²) in [5.74, 6) is 0.447. The fourth-order valence-electron chi connectivity index (χ4n) is 2.17. The van der Waals surface area contributed by atoms with Gasteiger partial charge in [-0.05, 0) is 36.8 Å². The average Bonchev–Trinajstić information content (AvgIpc) is 2.92. The minimum atomic E-state index is -0.447. The van der Waals surface area contributed by atoms with Gasteiger partial charge in [0.15, 0.2) is 11.6 Å². The summed E-state index contributed by atoms with van der Waals surface area (Å²) in [6.45, 7) is 2.03. The van der Waals surface area contributed by atoms with E-state index < -0.39 is 11.9 Å². The standard InChI is InChI=1S/C17H16FNO2/c1-11-6-7-13(18)16(8-11)20-10-14(19)17-9-12-4-2-3-5-15(12)21-17/h2-9,14H,10,19H2,1H3. The van der Waals surface area contributed by atoms with Gasteiger partial charge in [-0.15, -0.1) is 0 Å². The molecular formula is C17H16FNO2. The van der Waals surface area contributed by atoms with E-state index in [9.17, 15) is 4.39 Å². The highest BCUT2D eigenvalue weighted by Gasteiger charge is 2.14. The monoisotopic (exact) mass is 285 g/mol. The van der Waals surface area contributed by atoms with Crippen molar-refractivity contribution in [2.75, 3.05) is 6.61 Å². The van der Waals surface area contributed by atoms with Crippen LogP contribution in [0.15, 0.2) is 52.9 Å². The zero-order valence-electron chi connectivity index (χ0n) is 11.7. The zero-order valence-corrected chi connectivity index (χ0v) is 11.7. The van der Waals surface area contributed by atoms with E-state index in [1.165, 1.54) is 6.07 Å². The Morgan fingerprint density at radius 2 is 2.00 bits per heavy atom. The molecule has 0 fully saturated rings. The smallest absolute Gasteiger partial charge is 0.165 e. The number of hydrogen-bond donors (Lipinski definition) is 1. The number of hydrogen-bond acceptors (Lipinski definition) is 3. The number of aryl methyl sites for hydroxylation is 1. The van der Waals surface area contributed by atoms with Gasteiger partial charge in [0.2, 0.25) is 0 Å². The first kappa shape index (κ1) is 13.6. The van der Waals surface area contributed by atoms with Gasteiger partial charge < -0.3 is 14.9 Å². The maximum atomic E-state index is 13.6. The first-order valence-electron chi connectivity index (χ1n) is 6.76. The molecule has 1 unspecified atom stereocenters. The normalized spacial score (nSPS) is 12.5. The number of rotatable bonds is 4. The highest BCUT2D eigenvalue weighted by molar-refractivity contribution is 5.77. The Labute approximate surface area is 122 Å². The van der Waals surface area contributed by atoms with Gasteiger partial charge in [-0.3, -0.25) is 0 Å². The zero-order chi connectivity index (χ0) is 14.8. The van der Waals surface area contributed by atoms with Crippen molar-refractivity contribution < 1.29 is 13.5 Å². The van der Waals surface area contributed by atoms with Crippen LogP contribution in [0.1, 0.15) is 17.4 Å². The Kier molecular flexibility index (Phi) is 3.62. The molecule has 1 atom stereocenters. The predicted octanol–water partition coefficient (Wildman–Crippen LogP) is 3.96. The van der Waals surface area contributed by atoms with E-state index in [1.807, 2.05) is 37.3 Å². The Morgan fingerprint density at radius 1 is 1.19 bits per heavy atom. The van der Waals surface area contributed by atoms with E-state index in [0.29, 0.717) is 5.76 Å². The minimum Gasteiger partial charge on any atom is -0.488 e. The van der Waals surface area contributed by atoms with Gasteiger partial charge in [-0.1, -0.05) is 24.3 Å². The van der Waals surface area contributed by atoms with Gasteiger partial charge in [0.05, 0.1) is 6.04 Å². The van der Waals surface area contributed by atoms with Gasteiger partial charge in [0.1, 0.15) is 18.0 Å². The van der Waals surface area contributed by atoms with E-state index in [-0.39, 0.29) is 12.4 Å². The topological polar surface area (TPSA) is 48.4 Å². The first-order valence-corrected chi connectivity index (χ1v) is 6.76. The molecule has 0 bridgehead atoms. The third kappa shape index (κ3) is 2.90. The summed E-state index contributed by atoms with van der Waals surface area (Å²) in [4.78, 5) is 0. The largest absolute Gasteiger partial charge is 0.488 e. The maximum Gasteiger partial charge on any atom is 0.165 e. The van der Waals surface area contributed by atoms with Crippen LogP contribution in [0.25, 0.3) is 11.0 Å². The van der Waals surface area contributed by atoms with Crippen LogP contribution in [0.4, 0.5) is 4.39 Å². The second kappa shape index (κ2) is 5.58. The molecule has 1 heterocycles. The summed E-state index contributed by atoms with van der Waals surface area (Å²) >= 11 is 0. The fourth-order valence-corrected chi connectivity index (χ4v) is 2.17. The summed E-state index contributed by atoms with van der Waals surface area (Å²) in [5.41, 5.74) is 7.77. The molecule has 0 spiro atoms. The van der Waals surface area contributed by atoms with Crippen molar-refractivity contribution in [3.8, 4) is 5.75 Å². The van der Waals surface area contributed by atoms with Crippen molar-refractivity contribution in [1.82, 2.24) is 0 Å². The molecule has 3 aromatic rings. The van der Waals surface area contributed by atoms with Crippen LogP contribution < -0.4 is 10.5 Å². The molecule has 0 aliphatic rings. The maximum absolute atomic E-state index is 13.6.